The molecule has 1 aromatic carbocycles. The summed E-state index contributed by atoms with van der Waals surface area (Å²) in [6.45, 7) is 1.04. The van der Waals surface area contributed by atoms with Gasteiger partial charge in [-0.05, 0) is 38.1 Å². The molecule has 0 aromatic heterocycles. The van der Waals surface area contributed by atoms with E-state index in [1.165, 1.54) is 24.0 Å². The summed E-state index contributed by atoms with van der Waals surface area (Å²) in [5, 5.41) is 1.09. The maximum absolute atomic E-state index is 3.47. The lowest BCUT2D eigenvalue weighted by molar-refractivity contribution is 0.401. The van der Waals surface area contributed by atoms with Crippen LogP contribution in [0.5, 0.6) is 0 Å². The molecule has 2 heteroatoms. The highest BCUT2D eigenvalue weighted by Gasteiger charge is 2.01. The highest BCUT2D eigenvalue weighted by atomic mass is 79.9. The SMILES string of the molecule is CN(C)Cc1ccccc1CCCBr. The third kappa shape index (κ3) is 3.81. The Balaban J connectivity index is 2.69. The van der Waals surface area contributed by atoms with Crippen molar-refractivity contribution in [3.63, 3.8) is 0 Å². The lowest BCUT2D eigenvalue weighted by atomic mass is 10.0. The number of hydrogen-bond acceptors (Lipinski definition) is 1. The van der Waals surface area contributed by atoms with E-state index in [1.54, 1.807) is 0 Å². The summed E-state index contributed by atoms with van der Waals surface area (Å²) in [6.07, 6.45) is 2.39. The van der Waals surface area contributed by atoms with E-state index in [1.807, 2.05) is 0 Å². The van der Waals surface area contributed by atoms with Crippen LogP contribution in [0.15, 0.2) is 24.3 Å². The summed E-state index contributed by atoms with van der Waals surface area (Å²) in [5.74, 6) is 0. The molecule has 0 aliphatic heterocycles. The van der Waals surface area contributed by atoms with Crippen LogP contribution in [0.2, 0.25) is 0 Å². The van der Waals surface area contributed by atoms with Crippen molar-refractivity contribution in [3.05, 3.63) is 35.4 Å². The minimum absolute atomic E-state index is 1.04. The first-order chi connectivity index (χ1) is 6.74. The summed E-state index contributed by atoms with van der Waals surface area (Å²) in [7, 11) is 4.22. The van der Waals surface area contributed by atoms with Gasteiger partial charge in [0, 0.05) is 11.9 Å². The molecule has 0 aliphatic rings. The molecule has 1 aromatic rings. The Morgan fingerprint density at radius 3 is 2.36 bits per heavy atom. The Kier molecular flexibility index (Phi) is 5.20. The molecular formula is C12H18BrN. The van der Waals surface area contributed by atoms with Gasteiger partial charge in [-0.25, -0.2) is 0 Å². The number of halogens is 1. The third-order valence-electron chi connectivity index (χ3n) is 2.18. The van der Waals surface area contributed by atoms with Crippen molar-refractivity contribution in [1.29, 1.82) is 0 Å². The van der Waals surface area contributed by atoms with Gasteiger partial charge in [0.05, 0.1) is 0 Å². The van der Waals surface area contributed by atoms with Gasteiger partial charge in [0.1, 0.15) is 0 Å². The minimum atomic E-state index is 1.04. The number of alkyl halides is 1. The zero-order chi connectivity index (χ0) is 10.4. The van der Waals surface area contributed by atoms with Gasteiger partial charge in [0.15, 0.2) is 0 Å². The first kappa shape index (κ1) is 11.7. The molecule has 0 saturated heterocycles. The molecule has 14 heavy (non-hydrogen) atoms. The summed E-state index contributed by atoms with van der Waals surface area (Å²) < 4.78 is 0. The van der Waals surface area contributed by atoms with Crippen molar-refractivity contribution in [3.8, 4) is 0 Å². The van der Waals surface area contributed by atoms with Crippen LogP contribution in [-0.4, -0.2) is 24.3 Å². The highest BCUT2D eigenvalue weighted by Crippen LogP contribution is 2.13. The van der Waals surface area contributed by atoms with Gasteiger partial charge in [-0.15, -0.1) is 0 Å². The average molecular weight is 256 g/mol. The van der Waals surface area contributed by atoms with Gasteiger partial charge in [0.2, 0.25) is 0 Å². The third-order valence-corrected chi connectivity index (χ3v) is 2.75. The van der Waals surface area contributed by atoms with E-state index in [0.29, 0.717) is 0 Å². The molecular weight excluding hydrogens is 238 g/mol. The van der Waals surface area contributed by atoms with Gasteiger partial charge in [-0.3, -0.25) is 0 Å². The summed E-state index contributed by atoms with van der Waals surface area (Å²) in [5.41, 5.74) is 2.94. The quantitative estimate of drug-likeness (QED) is 0.732. The fourth-order valence-corrected chi connectivity index (χ4v) is 1.83. The van der Waals surface area contributed by atoms with Crippen LogP contribution in [-0.2, 0) is 13.0 Å². The van der Waals surface area contributed by atoms with Crippen LogP contribution < -0.4 is 0 Å². The second-order valence-electron chi connectivity index (χ2n) is 3.80. The largest absolute Gasteiger partial charge is 0.305 e. The minimum Gasteiger partial charge on any atom is -0.305 e. The Hall–Kier alpha value is -0.340. The summed E-state index contributed by atoms with van der Waals surface area (Å²) in [4.78, 5) is 2.22. The van der Waals surface area contributed by atoms with E-state index < -0.39 is 0 Å². The Labute approximate surface area is 95.2 Å². The number of benzene rings is 1. The molecule has 1 nitrogen and oxygen atoms in total. The van der Waals surface area contributed by atoms with E-state index in [9.17, 15) is 0 Å². The van der Waals surface area contributed by atoms with Crippen molar-refractivity contribution in [2.75, 3.05) is 19.4 Å². The first-order valence-corrected chi connectivity index (χ1v) is 6.13. The molecule has 0 unspecified atom stereocenters. The van der Waals surface area contributed by atoms with Gasteiger partial charge in [0.25, 0.3) is 0 Å². The van der Waals surface area contributed by atoms with Gasteiger partial charge < -0.3 is 4.90 Å². The predicted molar refractivity (Wildman–Crippen MR) is 65.9 cm³/mol. The average Bonchev–Trinajstić information content (AvgIpc) is 2.16. The van der Waals surface area contributed by atoms with Gasteiger partial charge >= 0.3 is 0 Å². The second-order valence-corrected chi connectivity index (χ2v) is 4.59. The highest BCUT2D eigenvalue weighted by molar-refractivity contribution is 9.09. The van der Waals surface area contributed by atoms with Crippen molar-refractivity contribution >= 4 is 15.9 Å². The van der Waals surface area contributed by atoms with Crippen LogP contribution in [0.25, 0.3) is 0 Å². The first-order valence-electron chi connectivity index (χ1n) is 5.01. The van der Waals surface area contributed by atoms with E-state index in [2.05, 4.69) is 59.2 Å². The topological polar surface area (TPSA) is 3.24 Å². The fraction of sp³-hybridized carbons (Fsp3) is 0.500. The maximum atomic E-state index is 3.47. The zero-order valence-corrected chi connectivity index (χ0v) is 10.5. The molecule has 0 atom stereocenters. The van der Waals surface area contributed by atoms with Gasteiger partial charge in [-0.1, -0.05) is 40.2 Å². The van der Waals surface area contributed by atoms with Crippen molar-refractivity contribution in [1.82, 2.24) is 4.90 Å². The Morgan fingerprint density at radius 1 is 1.14 bits per heavy atom. The van der Waals surface area contributed by atoms with Crippen LogP contribution in [0.3, 0.4) is 0 Å². The van der Waals surface area contributed by atoms with E-state index >= 15 is 0 Å². The molecule has 0 N–H and O–H groups in total. The lowest BCUT2D eigenvalue weighted by Gasteiger charge is -2.13. The number of rotatable bonds is 5. The van der Waals surface area contributed by atoms with Crippen molar-refractivity contribution < 1.29 is 0 Å². The molecule has 78 valence electrons. The molecule has 0 aliphatic carbocycles. The standard InChI is InChI=1S/C12H18BrN/c1-14(2)10-12-7-4-3-6-11(12)8-5-9-13/h3-4,6-7H,5,8-10H2,1-2H3. The van der Waals surface area contributed by atoms with Crippen LogP contribution in [0, 0.1) is 0 Å². The molecule has 0 spiro atoms. The van der Waals surface area contributed by atoms with Crippen molar-refractivity contribution in [2.45, 2.75) is 19.4 Å². The lowest BCUT2D eigenvalue weighted by Crippen LogP contribution is -2.12. The number of nitrogens with zero attached hydrogens (tertiary/aromatic N) is 1. The van der Waals surface area contributed by atoms with E-state index in [4.69, 9.17) is 0 Å². The van der Waals surface area contributed by atoms with Crippen LogP contribution >= 0.6 is 15.9 Å². The molecule has 0 radical (unpaired) electrons. The Bertz CT molecular complexity index is 271. The molecule has 0 saturated carbocycles. The van der Waals surface area contributed by atoms with E-state index in [0.717, 1.165) is 11.9 Å². The smallest absolute Gasteiger partial charge is 0.0230 e. The molecule has 0 amide bonds. The van der Waals surface area contributed by atoms with E-state index in [-0.39, 0.29) is 0 Å². The maximum Gasteiger partial charge on any atom is 0.0230 e. The second kappa shape index (κ2) is 6.20. The fourth-order valence-electron chi connectivity index (χ4n) is 1.55. The predicted octanol–water partition coefficient (Wildman–Crippen LogP) is 3.08. The summed E-state index contributed by atoms with van der Waals surface area (Å²) >= 11 is 3.47. The van der Waals surface area contributed by atoms with Crippen molar-refractivity contribution in [2.24, 2.45) is 0 Å². The molecule has 0 fully saturated rings. The summed E-state index contributed by atoms with van der Waals surface area (Å²) in [6, 6.07) is 8.71. The van der Waals surface area contributed by atoms with Gasteiger partial charge in [-0.2, -0.15) is 0 Å². The Morgan fingerprint density at radius 2 is 1.79 bits per heavy atom. The number of aryl methyl sites for hydroxylation is 1. The molecule has 0 bridgehead atoms. The normalized spacial score (nSPS) is 10.9. The molecule has 0 heterocycles. The number of hydrogen-bond donors (Lipinski definition) is 0. The monoisotopic (exact) mass is 255 g/mol. The zero-order valence-electron chi connectivity index (χ0n) is 8.96. The van der Waals surface area contributed by atoms with Crippen LogP contribution in [0.4, 0.5) is 0 Å². The molecule has 1 rings (SSSR count). The van der Waals surface area contributed by atoms with Crippen LogP contribution in [0.1, 0.15) is 17.5 Å².